The minimum absolute atomic E-state index is 0.00651. The van der Waals surface area contributed by atoms with Crippen molar-refractivity contribution >= 4 is 22.4 Å². The van der Waals surface area contributed by atoms with Crippen molar-refractivity contribution < 1.29 is 17.9 Å². The van der Waals surface area contributed by atoms with Crippen LogP contribution in [0.5, 0.6) is 5.75 Å². The Hall–Kier alpha value is -3.99. The molecule has 0 bridgehead atoms. The molecule has 2 aromatic heterocycles. The summed E-state index contributed by atoms with van der Waals surface area (Å²) in [6.45, 7) is -0.293. The number of alkyl halides is 3. The molecule has 2 heterocycles. The number of aromatic nitrogens is 2. The number of halogens is 3. The summed E-state index contributed by atoms with van der Waals surface area (Å²) in [5, 5.41) is 13.4. The highest BCUT2D eigenvalue weighted by atomic mass is 19.4. The first kappa shape index (κ1) is 19.3. The van der Waals surface area contributed by atoms with E-state index in [0.717, 1.165) is 22.7 Å². The van der Waals surface area contributed by atoms with Gasteiger partial charge in [0.25, 0.3) is 0 Å². The lowest BCUT2D eigenvalue weighted by Gasteiger charge is -2.14. The van der Waals surface area contributed by atoms with E-state index in [4.69, 9.17) is 4.74 Å². The van der Waals surface area contributed by atoms with Crippen LogP contribution in [0.3, 0.4) is 0 Å². The van der Waals surface area contributed by atoms with Crippen molar-refractivity contribution in [3.8, 4) is 11.8 Å². The topological polar surface area (TPSA) is 73.7 Å². The smallest absolute Gasteiger partial charge is 0.416 e. The number of nitriles is 1. The molecule has 0 unspecified atom stereocenters. The number of H-pyrrole nitrogens is 1. The summed E-state index contributed by atoms with van der Waals surface area (Å²) < 4.78 is 45.1. The SMILES string of the molecule is N#Cc1cc(OCc2ccccc2C(F)(F)F)cc(Nc2ccc3cc[nH]c3c2)n1. The van der Waals surface area contributed by atoms with Crippen molar-refractivity contribution in [2.24, 2.45) is 0 Å². The highest BCUT2D eigenvalue weighted by Crippen LogP contribution is 2.32. The van der Waals surface area contributed by atoms with Crippen molar-refractivity contribution in [3.63, 3.8) is 0 Å². The Morgan fingerprint density at radius 2 is 1.90 bits per heavy atom. The van der Waals surface area contributed by atoms with Crippen LogP contribution in [0.25, 0.3) is 10.9 Å². The zero-order valence-corrected chi connectivity index (χ0v) is 15.5. The highest BCUT2D eigenvalue weighted by molar-refractivity contribution is 5.83. The number of ether oxygens (including phenoxy) is 1. The molecular formula is C22H15F3N4O. The predicted molar refractivity (Wildman–Crippen MR) is 106 cm³/mol. The summed E-state index contributed by atoms with van der Waals surface area (Å²) in [7, 11) is 0. The molecule has 4 rings (SSSR count). The normalized spacial score (nSPS) is 11.3. The monoisotopic (exact) mass is 408 g/mol. The number of aromatic amines is 1. The minimum Gasteiger partial charge on any atom is -0.489 e. The number of benzene rings is 2. The number of rotatable bonds is 5. The van der Waals surface area contributed by atoms with Gasteiger partial charge in [0.1, 0.15) is 29.9 Å². The van der Waals surface area contributed by atoms with E-state index in [1.54, 1.807) is 0 Å². The molecule has 0 aliphatic carbocycles. The first-order valence-electron chi connectivity index (χ1n) is 8.96. The molecule has 0 fully saturated rings. The number of nitrogens with one attached hydrogen (secondary N) is 2. The summed E-state index contributed by atoms with van der Waals surface area (Å²) >= 11 is 0. The maximum Gasteiger partial charge on any atom is 0.416 e. The molecule has 0 atom stereocenters. The summed E-state index contributed by atoms with van der Waals surface area (Å²) in [6.07, 6.45) is -2.65. The molecule has 0 radical (unpaired) electrons. The predicted octanol–water partition coefficient (Wildman–Crippen LogP) is 5.78. The van der Waals surface area contributed by atoms with Gasteiger partial charge in [0.15, 0.2) is 0 Å². The van der Waals surface area contributed by atoms with Gasteiger partial charge in [0.05, 0.1) is 5.56 Å². The first-order chi connectivity index (χ1) is 14.4. The average Bonchev–Trinajstić information content (AvgIpc) is 3.19. The van der Waals surface area contributed by atoms with Gasteiger partial charge in [-0.25, -0.2) is 4.98 Å². The van der Waals surface area contributed by atoms with E-state index in [1.807, 2.05) is 36.5 Å². The van der Waals surface area contributed by atoms with Crippen LogP contribution in [0.2, 0.25) is 0 Å². The Kier molecular flexibility index (Phi) is 5.02. The molecule has 2 aromatic carbocycles. The second-order valence-corrected chi connectivity index (χ2v) is 6.53. The van der Waals surface area contributed by atoms with Gasteiger partial charge in [-0.1, -0.05) is 24.3 Å². The van der Waals surface area contributed by atoms with Crippen LogP contribution in [0, 0.1) is 11.3 Å². The average molecular weight is 408 g/mol. The summed E-state index contributed by atoms with van der Waals surface area (Å²) in [5.41, 5.74) is 1.00. The maximum atomic E-state index is 13.2. The zero-order valence-electron chi connectivity index (χ0n) is 15.5. The molecule has 8 heteroatoms. The lowest BCUT2D eigenvalue weighted by molar-refractivity contribution is -0.138. The van der Waals surface area contributed by atoms with Gasteiger partial charge in [0, 0.05) is 35.1 Å². The number of nitrogens with zero attached hydrogens (tertiary/aromatic N) is 2. The largest absolute Gasteiger partial charge is 0.489 e. The molecule has 0 amide bonds. The molecule has 30 heavy (non-hydrogen) atoms. The number of hydrogen-bond acceptors (Lipinski definition) is 4. The van der Waals surface area contributed by atoms with E-state index in [9.17, 15) is 18.4 Å². The Labute approximate surface area is 169 Å². The molecule has 2 N–H and O–H groups in total. The van der Waals surface area contributed by atoms with Gasteiger partial charge in [-0.2, -0.15) is 18.4 Å². The van der Waals surface area contributed by atoms with Crippen molar-refractivity contribution in [3.05, 3.63) is 83.7 Å². The fourth-order valence-electron chi connectivity index (χ4n) is 3.07. The third kappa shape index (κ3) is 4.20. The van der Waals surface area contributed by atoms with Crippen LogP contribution >= 0.6 is 0 Å². The first-order valence-corrected chi connectivity index (χ1v) is 8.96. The number of pyridine rings is 1. The van der Waals surface area contributed by atoms with Gasteiger partial charge in [0.2, 0.25) is 0 Å². The van der Waals surface area contributed by atoms with E-state index in [-0.39, 0.29) is 23.6 Å². The molecule has 0 spiro atoms. The van der Waals surface area contributed by atoms with E-state index in [0.29, 0.717) is 5.82 Å². The van der Waals surface area contributed by atoms with E-state index in [2.05, 4.69) is 15.3 Å². The van der Waals surface area contributed by atoms with Crippen LogP contribution in [0.15, 0.2) is 66.9 Å². The summed E-state index contributed by atoms with van der Waals surface area (Å²) in [5.74, 6) is 0.584. The molecular weight excluding hydrogens is 393 g/mol. The zero-order chi connectivity index (χ0) is 21.1. The number of fused-ring (bicyclic) bond motifs is 1. The van der Waals surface area contributed by atoms with Crippen molar-refractivity contribution in [2.45, 2.75) is 12.8 Å². The molecule has 5 nitrogen and oxygen atoms in total. The fourth-order valence-corrected chi connectivity index (χ4v) is 3.07. The van der Waals surface area contributed by atoms with Gasteiger partial charge in [-0.3, -0.25) is 0 Å². The minimum atomic E-state index is -4.47. The number of anilines is 2. The summed E-state index contributed by atoms with van der Waals surface area (Å²) in [4.78, 5) is 7.29. The maximum absolute atomic E-state index is 13.2. The lowest BCUT2D eigenvalue weighted by atomic mass is 10.1. The van der Waals surface area contributed by atoms with Gasteiger partial charge < -0.3 is 15.0 Å². The standard InChI is InChI=1S/C22H15F3N4O/c23-22(24,25)19-4-2-1-3-15(19)13-30-18-9-17(12-26)29-21(11-18)28-16-6-5-14-7-8-27-20(14)10-16/h1-11,27H,13H2,(H,28,29). The molecule has 4 aromatic rings. The van der Waals surface area contributed by atoms with Crippen molar-refractivity contribution in [2.75, 3.05) is 5.32 Å². The van der Waals surface area contributed by atoms with Crippen LogP contribution in [0.1, 0.15) is 16.8 Å². The lowest BCUT2D eigenvalue weighted by Crippen LogP contribution is -2.10. The van der Waals surface area contributed by atoms with Gasteiger partial charge in [-0.05, 0) is 29.7 Å². The second-order valence-electron chi connectivity index (χ2n) is 6.53. The van der Waals surface area contributed by atoms with E-state index >= 15 is 0 Å². The third-order valence-electron chi connectivity index (χ3n) is 4.46. The quantitative estimate of drug-likeness (QED) is 0.439. The highest BCUT2D eigenvalue weighted by Gasteiger charge is 2.33. The Morgan fingerprint density at radius 3 is 2.70 bits per heavy atom. The fraction of sp³-hybridized carbons (Fsp3) is 0.0909. The van der Waals surface area contributed by atoms with Crippen LogP contribution in [-0.4, -0.2) is 9.97 Å². The van der Waals surface area contributed by atoms with Crippen LogP contribution in [0.4, 0.5) is 24.7 Å². The number of hydrogen-bond donors (Lipinski definition) is 2. The Bertz CT molecular complexity index is 1240. The second kappa shape index (κ2) is 7.79. The van der Waals surface area contributed by atoms with Gasteiger partial charge >= 0.3 is 6.18 Å². The Balaban J connectivity index is 1.57. The molecule has 0 aliphatic rings. The van der Waals surface area contributed by atoms with Crippen LogP contribution < -0.4 is 10.1 Å². The van der Waals surface area contributed by atoms with E-state index < -0.39 is 11.7 Å². The summed E-state index contributed by atoms with van der Waals surface area (Å²) in [6, 6.07) is 17.7. The Morgan fingerprint density at radius 1 is 1.07 bits per heavy atom. The van der Waals surface area contributed by atoms with Crippen molar-refractivity contribution in [1.82, 2.24) is 9.97 Å². The molecule has 150 valence electrons. The molecule has 0 saturated heterocycles. The van der Waals surface area contributed by atoms with Gasteiger partial charge in [-0.15, -0.1) is 0 Å². The van der Waals surface area contributed by atoms with Crippen molar-refractivity contribution in [1.29, 1.82) is 5.26 Å². The van der Waals surface area contributed by atoms with Crippen LogP contribution in [-0.2, 0) is 12.8 Å². The van der Waals surface area contributed by atoms with E-state index in [1.165, 1.54) is 30.3 Å². The molecule has 0 aliphatic heterocycles. The molecule has 0 saturated carbocycles. The third-order valence-corrected chi connectivity index (χ3v) is 4.46.